The van der Waals surface area contributed by atoms with Crippen LogP contribution in [0.1, 0.15) is 30.9 Å². The highest BCUT2D eigenvalue weighted by molar-refractivity contribution is 7.89. The lowest BCUT2D eigenvalue weighted by molar-refractivity contribution is -0.0715. The number of sulfonamides is 1. The Labute approximate surface area is 207 Å². The lowest BCUT2D eigenvalue weighted by atomic mass is 9.98. The Morgan fingerprint density at radius 1 is 0.829 bits per heavy atom. The summed E-state index contributed by atoms with van der Waals surface area (Å²) in [5.41, 5.74) is -0.274. The maximum atomic E-state index is 13.7. The Bertz CT molecular complexity index is 1170. The minimum atomic E-state index is -4.05. The van der Waals surface area contributed by atoms with E-state index in [0.717, 1.165) is 15.4 Å². The van der Waals surface area contributed by atoms with Crippen molar-refractivity contribution in [1.29, 1.82) is 0 Å². The molecular formula is C27H32N2O5S. The molecule has 3 aromatic carbocycles. The molecule has 0 spiro atoms. The maximum absolute atomic E-state index is 13.7. The fraction of sp³-hybridized carbons (Fsp3) is 0.296. The smallest absolute Gasteiger partial charge is 0.407 e. The number of amides is 1. The molecule has 1 atom stereocenters. The number of carbonyl (C=O) groups is 1. The van der Waals surface area contributed by atoms with Crippen molar-refractivity contribution in [3.63, 3.8) is 0 Å². The quantitative estimate of drug-likeness (QED) is 0.358. The second-order valence-electron chi connectivity index (χ2n) is 8.47. The Kier molecular flexibility index (Phi) is 9.03. The van der Waals surface area contributed by atoms with Crippen LogP contribution < -0.4 is 0 Å². The molecule has 7 nitrogen and oxygen atoms in total. The summed E-state index contributed by atoms with van der Waals surface area (Å²) in [6.45, 7) is 2.02. The summed E-state index contributed by atoms with van der Waals surface area (Å²) in [7, 11) is -4.05. The molecule has 35 heavy (non-hydrogen) atoms. The average Bonchev–Trinajstić information content (AvgIpc) is 2.86. The van der Waals surface area contributed by atoms with Crippen molar-refractivity contribution in [1.82, 2.24) is 9.21 Å². The van der Waals surface area contributed by atoms with Crippen LogP contribution in [0.5, 0.6) is 0 Å². The van der Waals surface area contributed by atoms with Crippen LogP contribution in [0.25, 0.3) is 0 Å². The molecule has 0 aliphatic rings. The topological polar surface area (TPSA) is 98.2 Å². The fourth-order valence-electron chi connectivity index (χ4n) is 4.06. The molecule has 0 radical (unpaired) electrons. The predicted octanol–water partition coefficient (Wildman–Crippen LogP) is 4.59. The van der Waals surface area contributed by atoms with Crippen molar-refractivity contribution < 1.29 is 23.4 Å². The molecule has 0 heterocycles. The number of carboxylic acid groups (broad SMARTS) is 1. The van der Waals surface area contributed by atoms with E-state index in [4.69, 9.17) is 0 Å². The van der Waals surface area contributed by atoms with Crippen LogP contribution in [-0.2, 0) is 23.0 Å². The lowest BCUT2D eigenvalue weighted by Gasteiger charge is -2.40. The summed E-state index contributed by atoms with van der Waals surface area (Å²) >= 11 is 0. The van der Waals surface area contributed by atoms with Gasteiger partial charge in [0, 0.05) is 32.5 Å². The van der Waals surface area contributed by atoms with Gasteiger partial charge < -0.3 is 15.1 Å². The molecule has 2 N–H and O–H groups in total. The maximum Gasteiger partial charge on any atom is 0.407 e. The zero-order chi connectivity index (χ0) is 25.3. The normalized spacial score (nSPS) is 13.3. The van der Waals surface area contributed by atoms with Gasteiger partial charge in [-0.3, -0.25) is 0 Å². The summed E-state index contributed by atoms with van der Waals surface area (Å²) < 4.78 is 28.5. The molecule has 0 saturated heterocycles. The third-order valence-corrected chi connectivity index (χ3v) is 7.79. The fourth-order valence-corrected chi connectivity index (χ4v) is 5.84. The molecule has 3 rings (SSSR count). The molecule has 0 aliphatic carbocycles. The van der Waals surface area contributed by atoms with E-state index in [1.807, 2.05) is 67.6 Å². The van der Waals surface area contributed by atoms with Gasteiger partial charge in [0.15, 0.2) is 0 Å². The highest BCUT2D eigenvalue weighted by atomic mass is 32.2. The van der Waals surface area contributed by atoms with Crippen LogP contribution in [0.3, 0.4) is 0 Å². The van der Waals surface area contributed by atoms with Gasteiger partial charge in [0.1, 0.15) is 5.72 Å². The van der Waals surface area contributed by atoms with Gasteiger partial charge in [0.25, 0.3) is 0 Å². The monoisotopic (exact) mass is 496 g/mol. The first-order chi connectivity index (χ1) is 16.8. The van der Waals surface area contributed by atoms with E-state index < -0.39 is 21.8 Å². The first kappa shape index (κ1) is 26.4. The standard InChI is InChI=1S/C27H32N2O5S/c1-2-19-29(35(33,34)25-16-10-5-11-17-25)27(32,21-23-12-6-3-7-13-23)18-20-28(26(30)31)22-24-14-8-4-9-15-24/h3-17,32H,2,18-22H2,1H3,(H,30,31). The van der Waals surface area contributed by atoms with E-state index in [-0.39, 0.29) is 37.4 Å². The SMILES string of the molecule is CCCN(C(O)(CCN(Cc1ccccc1)C(=O)O)Cc1ccccc1)S(=O)(=O)c1ccccc1. The van der Waals surface area contributed by atoms with Crippen LogP contribution in [0.4, 0.5) is 4.79 Å². The molecule has 3 aromatic rings. The van der Waals surface area contributed by atoms with Gasteiger partial charge in [-0.1, -0.05) is 85.8 Å². The Morgan fingerprint density at radius 2 is 1.34 bits per heavy atom. The molecule has 0 aliphatic heterocycles. The van der Waals surface area contributed by atoms with E-state index in [2.05, 4.69) is 0 Å². The van der Waals surface area contributed by atoms with Gasteiger partial charge in [-0.25, -0.2) is 13.2 Å². The van der Waals surface area contributed by atoms with Crippen molar-refractivity contribution in [3.8, 4) is 0 Å². The summed E-state index contributed by atoms with van der Waals surface area (Å²) in [6.07, 6.45) is -0.717. The first-order valence-electron chi connectivity index (χ1n) is 11.6. The number of hydrogen-bond acceptors (Lipinski definition) is 4. The highest BCUT2D eigenvalue weighted by Crippen LogP contribution is 2.30. The highest BCUT2D eigenvalue weighted by Gasteiger charge is 2.42. The molecular weight excluding hydrogens is 464 g/mol. The van der Waals surface area contributed by atoms with Gasteiger partial charge in [-0.2, -0.15) is 4.31 Å². The molecule has 0 aromatic heterocycles. The second kappa shape index (κ2) is 12.0. The summed E-state index contributed by atoms with van der Waals surface area (Å²) in [5, 5.41) is 21.8. The molecule has 0 bridgehead atoms. The van der Waals surface area contributed by atoms with Crippen LogP contribution >= 0.6 is 0 Å². The Hall–Kier alpha value is -3.20. The third kappa shape index (κ3) is 6.91. The van der Waals surface area contributed by atoms with Crippen LogP contribution in [0.2, 0.25) is 0 Å². The van der Waals surface area contributed by atoms with Crippen molar-refractivity contribution in [2.45, 2.75) is 43.4 Å². The lowest BCUT2D eigenvalue weighted by Crippen LogP contribution is -2.55. The van der Waals surface area contributed by atoms with Crippen molar-refractivity contribution in [2.75, 3.05) is 13.1 Å². The number of benzene rings is 3. The number of hydrogen-bond donors (Lipinski definition) is 2. The number of aliphatic hydroxyl groups is 1. The number of nitrogens with zero attached hydrogens (tertiary/aromatic N) is 2. The first-order valence-corrected chi connectivity index (χ1v) is 13.1. The van der Waals surface area contributed by atoms with E-state index in [9.17, 15) is 23.4 Å². The van der Waals surface area contributed by atoms with Crippen LogP contribution in [-0.4, -0.2) is 52.7 Å². The van der Waals surface area contributed by atoms with Gasteiger partial charge >= 0.3 is 6.09 Å². The van der Waals surface area contributed by atoms with Gasteiger partial charge in [0.05, 0.1) is 4.90 Å². The van der Waals surface area contributed by atoms with Crippen LogP contribution in [0, 0.1) is 0 Å². The van der Waals surface area contributed by atoms with Crippen molar-refractivity contribution >= 4 is 16.1 Å². The second-order valence-corrected chi connectivity index (χ2v) is 10.3. The van der Waals surface area contributed by atoms with E-state index >= 15 is 0 Å². The molecule has 186 valence electrons. The third-order valence-electron chi connectivity index (χ3n) is 5.82. The van der Waals surface area contributed by atoms with Crippen molar-refractivity contribution in [3.05, 3.63) is 102 Å². The largest absolute Gasteiger partial charge is 0.465 e. The summed E-state index contributed by atoms with van der Waals surface area (Å²) in [4.78, 5) is 13.3. The van der Waals surface area contributed by atoms with Crippen LogP contribution in [0.15, 0.2) is 95.9 Å². The van der Waals surface area contributed by atoms with Gasteiger partial charge in [-0.15, -0.1) is 0 Å². The van der Waals surface area contributed by atoms with E-state index in [0.29, 0.717) is 6.42 Å². The summed E-state index contributed by atoms with van der Waals surface area (Å²) in [6, 6.07) is 26.3. The minimum absolute atomic E-state index is 0.0265. The minimum Gasteiger partial charge on any atom is -0.465 e. The van der Waals surface area contributed by atoms with Gasteiger partial charge in [0.2, 0.25) is 10.0 Å². The van der Waals surface area contributed by atoms with E-state index in [1.54, 1.807) is 18.2 Å². The molecule has 8 heteroatoms. The zero-order valence-electron chi connectivity index (χ0n) is 19.8. The predicted molar refractivity (Wildman–Crippen MR) is 135 cm³/mol. The Morgan fingerprint density at radius 3 is 1.86 bits per heavy atom. The molecule has 1 unspecified atom stereocenters. The van der Waals surface area contributed by atoms with Gasteiger partial charge in [-0.05, 0) is 29.7 Å². The van der Waals surface area contributed by atoms with Crippen molar-refractivity contribution in [2.24, 2.45) is 0 Å². The molecule has 0 fully saturated rings. The molecule has 1 amide bonds. The molecule has 0 saturated carbocycles. The Balaban J connectivity index is 1.96. The number of rotatable bonds is 12. The van der Waals surface area contributed by atoms with E-state index in [1.165, 1.54) is 17.0 Å². The summed E-state index contributed by atoms with van der Waals surface area (Å²) in [5.74, 6) is 0. The zero-order valence-corrected chi connectivity index (χ0v) is 20.6. The average molecular weight is 497 g/mol.